The lowest BCUT2D eigenvalue weighted by atomic mass is 10.1. The van der Waals surface area contributed by atoms with Gasteiger partial charge in [0.15, 0.2) is 6.61 Å². The second kappa shape index (κ2) is 6.43. The van der Waals surface area contributed by atoms with Crippen LogP contribution in [-0.2, 0) is 4.79 Å². The Hall–Kier alpha value is -2.09. The number of carbonyl (C=O) groups is 1. The number of hydrogen-bond donors (Lipinski definition) is 1. The number of ether oxygens (including phenoxy) is 1. The number of halogens is 3. The van der Waals surface area contributed by atoms with Crippen molar-refractivity contribution < 1.29 is 27.8 Å². The molecule has 1 aromatic rings. The largest absolute Gasteiger partial charge is 0.484 e. The summed E-state index contributed by atoms with van der Waals surface area (Å²) < 4.78 is 44.8. The van der Waals surface area contributed by atoms with Crippen LogP contribution in [-0.4, -0.2) is 40.2 Å². The number of aryl methyl sites for hydroxylation is 2. The number of rotatable bonds is 4. The van der Waals surface area contributed by atoms with Crippen molar-refractivity contribution in [2.45, 2.75) is 45.5 Å². The number of benzene rings is 1. The van der Waals surface area contributed by atoms with Gasteiger partial charge in [-0.2, -0.15) is 23.3 Å². The summed E-state index contributed by atoms with van der Waals surface area (Å²) in [5, 5.41) is 13.7. The van der Waals surface area contributed by atoms with Gasteiger partial charge in [0.25, 0.3) is 11.6 Å². The molecule has 24 heavy (non-hydrogen) atoms. The van der Waals surface area contributed by atoms with E-state index in [0.717, 1.165) is 11.1 Å². The van der Waals surface area contributed by atoms with Gasteiger partial charge in [-0.15, -0.1) is 0 Å². The van der Waals surface area contributed by atoms with Crippen LogP contribution in [0.3, 0.4) is 0 Å². The smallest absolute Gasteiger partial charge is 0.438 e. The van der Waals surface area contributed by atoms with E-state index in [1.165, 1.54) is 0 Å². The fraction of sp³-hybridized carbons (Fsp3) is 0.500. The molecule has 0 radical (unpaired) electrons. The average molecular weight is 344 g/mol. The highest BCUT2D eigenvalue weighted by molar-refractivity contribution is 5.90. The van der Waals surface area contributed by atoms with Crippen molar-refractivity contribution in [2.75, 3.05) is 6.61 Å². The third-order valence-electron chi connectivity index (χ3n) is 3.70. The molecule has 0 unspecified atom stereocenters. The molecule has 5 nitrogen and oxygen atoms in total. The van der Waals surface area contributed by atoms with Crippen LogP contribution in [0, 0.1) is 13.8 Å². The van der Waals surface area contributed by atoms with Crippen LogP contribution < -0.4 is 4.74 Å². The topological polar surface area (TPSA) is 62.1 Å². The number of aliphatic hydroxyl groups is 1. The van der Waals surface area contributed by atoms with Crippen molar-refractivity contribution >= 4 is 11.6 Å². The quantitative estimate of drug-likeness (QED) is 0.913. The molecule has 0 aliphatic carbocycles. The van der Waals surface area contributed by atoms with Gasteiger partial charge in [0, 0.05) is 12.1 Å². The first-order valence-electron chi connectivity index (χ1n) is 7.46. The van der Waals surface area contributed by atoms with Crippen LogP contribution >= 0.6 is 0 Å². The molecule has 0 saturated carbocycles. The SMILES string of the molecule is CCC1=NN(C(=O)COc2cc(C)cc(C)c2)[C@](O)(C(F)(F)F)C1. The minimum atomic E-state index is -5.01. The first kappa shape index (κ1) is 18.3. The van der Waals surface area contributed by atoms with Crippen molar-refractivity contribution in [3.63, 3.8) is 0 Å². The molecule has 8 heteroatoms. The summed E-state index contributed by atoms with van der Waals surface area (Å²) in [5.41, 5.74) is -1.41. The molecule has 0 saturated heterocycles. The second-order valence-electron chi connectivity index (χ2n) is 5.83. The first-order chi connectivity index (χ1) is 11.1. The van der Waals surface area contributed by atoms with Gasteiger partial charge in [-0.05, 0) is 43.5 Å². The summed E-state index contributed by atoms with van der Waals surface area (Å²) in [7, 11) is 0. The van der Waals surface area contributed by atoms with Crippen LogP contribution in [0.4, 0.5) is 13.2 Å². The van der Waals surface area contributed by atoms with Crippen molar-refractivity contribution in [1.29, 1.82) is 0 Å². The molecular weight excluding hydrogens is 325 g/mol. The molecule has 1 heterocycles. The number of hydrazone groups is 1. The molecule has 0 bridgehead atoms. The second-order valence-corrected chi connectivity index (χ2v) is 5.83. The molecule has 2 rings (SSSR count). The Morgan fingerprint density at radius 2 is 1.92 bits per heavy atom. The van der Waals surface area contributed by atoms with E-state index in [-0.39, 0.29) is 17.1 Å². The van der Waals surface area contributed by atoms with Gasteiger partial charge in [-0.1, -0.05) is 13.0 Å². The number of nitrogens with zero attached hydrogens (tertiary/aromatic N) is 2. The van der Waals surface area contributed by atoms with Gasteiger partial charge < -0.3 is 9.84 Å². The van der Waals surface area contributed by atoms with E-state index in [0.29, 0.717) is 5.75 Å². The average Bonchev–Trinajstić information content (AvgIpc) is 2.82. The number of carbonyl (C=O) groups excluding carboxylic acids is 1. The van der Waals surface area contributed by atoms with Crippen LogP contribution in [0.2, 0.25) is 0 Å². The summed E-state index contributed by atoms with van der Waals surface area (Å²) >= 11 is 0. The van der Waals surface area contributed by atoms with Gasteiger partial charge in [0.2, 0.25) is 0 Å². The van der Waals surface area contributed by atoms with E-state index in [1.807, 2.05) is 19.9 Å². The van der Waals surface area contributed by atoms with E-state index in [9.17, 15) is 23.1 Å². The zero-order valence-electron chi connectivity index (χ0n) is 13.6. The Labute approximate surface area is 137 Å². The highest BCUT2D eigenvalue weighted by atomic mass is 19.4. The molecular formula is C16H19F3N2O3. The minimum Gasteiger partial charge on any atom is -0.484 e. The Morgan fingerprint density at radius 1 is 1.33 bits per heavy atom. The maximum Gasteiger partial charge on any atom is 0.438 e. The number of alkyl halides is 3. The summed E-state index contributed by atoms with van der Waals surface area (Å²) in [4.78, 5) is 12.1. The fourth-order valence-electron chi connectivity index (χ4n) is 2.52. The zero-order valence-corrected chi connectivity index (χ0v) is 13.6. The predicted molar refractivity (Wildman–Crippen MR) is 81.6 cm³/mol. The van der Waals surface area contributed by atoms with Crippen molar-refractivity contribution in [1.82, 2.24) is 5.01 Å². The minimum absolute atomic E-state index is 0.0918. The lowest BCUT2D eigenvalue weighted by Gasteiger charge is -2.32. The summed E-state index contributed by atoms with van der Waals surface area (Å²) in [6.07, 6.45) is -5.55. The Kier molecular flexibility index (Phi) is 4.89. The lowest BCUT2D eigenvalue weighted by Crippen LogP contribution is -2.57. The fourth-order valence-corrected chi connectivity index (χ4v) is 2.52. The van der Waals surface area contributed by atoms with E-state index < -0.39 is 30.8 Å². The molecule has 132 valence electrons. The van der Waals surface area contributed by atoms with E-state index in [1.54, 1.807) is 19.1 Å². The summed E-state index contributed by atoms with van der Waals surface area (Å²) in [6.45, 7) is 4.63. The third-order valence-corrected chi connectivity index (χ3v) is 3.70. The van der Waals surface area contributed by atoms with Crippen LogP contribution in [0.5, 0.6) is 5.75 Å². The van der Waals surface area contributed by atoms with Crippen LogP contribution in [0.1, 0.15) is 30.9 Å². The molecule has 1 atom stereocenters. The zero-order chi connectivity index (χ0) is 18.1. The summed E-state index contributed by atoms with van der Waals surface area (Å²) in [6, 6.07) is 5.23. The van der Waals surface area contributed by atoms with Crippen LogP contribution in [0.15, 0.2) is 23.3 Å². The molecule has 1 amide bonds. The van der Waals surface area contributed by atoms with Gasteiger partial charge in [0.05, 0.1) is 0 Å². The van der Waals surface area contributed by atoms with Gasteiger partial charge >= 0.3 is 6.18 Å². The lowest BCUT2D eigenvalue weighted by molar-refractivity contribution is -0.302. The van der Waals surface area contributed by atoms with E-state index in [2.05, 4.69) is 5.10 Å². The molecule has 1 aliphatic heterocycles. The number of amides is 1. The van der Waals surface area contributed by atoms with E-state index >= 15 is 0 Å². The Morgan fingerprint density at radius 3 is 2.42 bits per heavy atom. The molecule has 0 aromatic heterocycles. The normalized spacial score (nSPS) is 21.0. The maximum atomic E-state index is 13.2. The maximum absolute atomic E-state index is 13.2. The number of hydrogen-bond acceptors (Lipinski definition) is 4. The molecule has 1 aromatic carbocycles. The van der Waals surface area contributed by atoms with Crippen molar-refractivity contribution in [3.8, 4) is 5.75 Å². The third kappa shape index (κ3) is 3.53. The predicted octanol–water partition coefficient (Wildman–Crippen LogP) is 2.93. The summed E-state index contributed by atoms with van der Waals surface area (Å²) in [5.74, 6) is -0.687. The van der Waals surface area contributed by atoms with Crippen molar-refractivity contribution in [2.24, 2.45) is 5.10 Å². The molecule has 0 fully saturated rings. The van der Waals surface area contributed by atoms with Crippen LogP contribution in [0.25, 0.3) is 0 Å². The Bertz CT molecular complexity index is 653. The van der Waals surface area contributed by atoms with Crippen molar-refractivity contribution in [3.05, 3.63) is 29.3 Å². The monoisotopic (exact) mass is 344 g/mol. The van der Waals surface area contributed by atoms with Gasteiger partial charge in [-0.25, -0.2) is 0 Å². The molecule has 1 N–H and O–H groups in total. The first-order valence-corrected chi connectivity index (χ1v) is 7.46. The highest BCUT2D eigenvalue weighted by Crippen LogP contribution is 2.40. The van der Waals surface area contributed by atoms with Gasteiger partial charge in [0.1, 0.15) is 5.75 Å². The highest BCUT2D eigenvalue weighted by Gasteiger charge is 2.62. The van der Waals surface area contributed by atoms with E-state index in [4.69, 9.17) is 4.74 Å². The van der Waals surface area contributed by atoms with Gasteiger partial charge in [-0.3, -0.25) is 4.79 Å². The molecule has 1 aliphatic rings. The Balaban J connectivity index is 2.16. The standard InChI is InChI=1S/C16H19F3N2O3/c1-4-12-8-15(23,16(17,18)19)21(20-12)14(22)9-24-13-6-10(2)5-11(3)7-13/h5-7,23H,4,8-9H2,1-3H3/t15-/m1/s1. The molecule has 0 spiro atoms.